The Bertz CT molecular complexity index is 1290. The highest BCUT2D eigenvalue weighted by atomic mass is 35.5. The number of anilines is 3. The maximum absolute atomic E-state index is 13.5. The Morgan fingerprint density at radius 2 is 1.97 bits per heavy atom. The summed E-state index contributed by atoms with van der Waals surface area (Å²) in [6.45, 7) is 2.19. The van der Waals surface area contributed by atoms with Crippen LogP contribution in [0.3, 0.4) is 0 Å². The Kier molecular flexibility index (Phi) is 8.85. The number of sulfonamides is 1. The molecule has 12 heteroatoms. The molecule has 1 aromatic heterocycles. The predicted molar refractivity (Wildman–Crippen MR) is 145 cm³/mol. The first kappa shape index (κ1) is 26.1. The van der Waals surface area contributed by atoms with E-state index in [-0.39, 0.29) is 10.8 Å². The summed E-state index contributed by atoms with van der Waals surface area (Å²) in [4.78, 5) is 8.58. The highest BCUT2D eigenvalue weighted by molar-refractivity contribution is 8.77. The van der Waals surface area contributed by atoms with Gasteiger partial charge in [0, 0.05) is 28.6 Å². The molecular formula is C23H26ClFN4O3S3. The molecule has 0 radical (unpaired) electrons. The Balaban J connectivity index is 1.55. The number of hydrogen-bond acceptors (Lipinski definition) is 8. The van der Waals surface area contributed by atoms with E-state index in [4.69, 9.17) is 16.3 Å². The van der Waals surface area contributed by atoms with Crippen molar-refractivity contribution in [1.82, 2.24) is 9.97 Å². The van der Waals surface area contributed by atoms with Crippen molar-refractivity contribution in [3.63, 3.8) is 0 Å². The normalized spacial score (nSPS) is 14.4. The summed E-state index contributed by atoms with van der Waals surface area (Å²) >= 11 is 5.90. The minimum atomic E-state index is -3.58. The zero-order valence-corrected chi connectivity index (χ0v) is 22.3. The standard InChI is InChI=1S/C23H26ClFN4O3S3/c1-2-32-22-11-20-17(23(27-14-26-20)28-16-6-7-19(25)18(24)9-16)10-21(22)29-35(30,31)8-4-3-5-15-12-33-34-13-15/h6-7,9-11,14-15,29H,2-5,8,12-13H2,1H3,(H,26,27,28). The summed E-state index contributed by atoms with van der Waals surface area (Å²) in [5.41, 5.74) is 1.42. The average Bonchev–Trinajstić information content (AvgIpc) is 3.34. The van der Waals surface area contributed by atoms with E-state index in [2.05, 4.69) is 20.0 Å². The molecule has 0 aliphatic carbocycles. The van der Waals surface area contributed by atoms with Gasteiger partial charge < -0.3 is 10.1 Å². The highest BCUT2D eigenvalue weighted by Gasteiger charge is 2.19. The second-order valence-electron chi connectivity index (χ2n) is 8.13. The molecule has 2 N–H and O–H groups in total. The molecule has 2 aromatic carbocycles. The van der Waals surface area contributed by atoms with E-state index in [0.717, 1.165) is 24.3 Å². The molecule has 35 heavy (non-hydrogen) atoms. The number of benzene rings is 2. The Morgan fingerprint density at radius 1 is 1.17 bits per heavy atom. The Labute approximate surface area is 217 Å². The highest BCUT2D eigenvalue weighted by Crippen LogP contribution is 2.37. The van der Waals surface area contributed by atoms with Gasteiger partial charge >= 0.3 is 0 Å². The van der Waals surface area contributed by atoms with Gasteiger partial charge in [0.1, 0.15) is 23.7 Å². The number of rotatable bonds is 11. The van der Waals surface area contributed by atoms with Crippen LogP contribution in [0.4, 0.5) is 21.6 Å². The van der Waals surface area contributed by atoms with Crippen LogP contribution in [0.2, 0.25) is 5.02 Å². The lowest BCUT2D eigenvalue weighted by atomic mass is 10.1. The number of unbranched alkanes of at least 4 members (excludes halogenated alkanes) is 1. The lowest BCUT2D eigenvalue weighted by molar-refractivity contribution is 0.342. The van der Waals surface area contributed by atoms with Gasteiger partial charge in [0.2, 0.25) is 10.0 Å². The minimum absolute atomic E-state index is 0.0223. The molecule has 188 valence electrons. The maximum atomic E-state index is 13.5. The molecule has 1 fully saturated rings. The largest absolute Gasteiger partial charge is 0.492 e. The fraction of sp³-hybridized carbons (Fsp3) is 0.391. The average molecular weight is 557 g/mol. The van der Waals surface area contributed by atoms with Gasteiger partial charge in [-0.25, -0.2) is 22.8 Å². The van der Waals surface area contributed by atoms with E-state index in [0.29, 0.717) is 52.8 Å². The van der Waals surface area contributed by atoms with Crippen molar-refractivity contribution in [1.29, 1.82) is 0 Å². The Hall–Kier alpha value is -1.95. The van der Waals surface area contributed by atoms with Crippen molar-refractivity contribution in [2.45, 2.75) is 26.2 Å². The molecule has 1 saturated heterocycles. The fourth-order valence-electron chi connectivity index (χ4n) is 3.70. The molecule has 2 heterocycles. The maximum Gasteiger partial charge on any atom is 0.232 e. The molecule has 0 unspecified atom stereocenters. The summed E-state index contributed by atoms with van der Waals surface area (Å²) in [5.74, 6) is 3.29. The second-order valence-corrected chi connectivity index (χ2v) is 12.9. The smallest absolute Gasteiger partial charge is 0.232 e. The number of halogens is 2. The van der Waals surface area contributed by atoms with Crippen LogP contribution < -0.4 is 14.8 Å². The van der Waals surface area contributed by atoms with Crippen LogP contribution in [-0.2, 0) is 10.0 Å². The molecule has 0 bridgehead atoms. The molecular weight excluding hydrogens is 531 g/mol. The third-order valence-electron chi connectivity index (χ3n) is 5.45. The van der Waals surface area contributed by atoms with Gasteiger partial charge in [-0.2, -0.15) is 0 Å². The number of nitrogens with one attached hydrogen (secondary N) is 2. The summed E-state index contributed by atoms with van der Waals surface area (Å²) in [5, 5.41) is 3.65. The zero-order valence-electron chi connectivity index (χ0n) is 19.1. The summed E-state index contributed by atoms with van der Waals surface area (Å²) in [6.07, 6.45) is 3.91. The van der Waals surface area contributed by atoms with Gasteiger partial charge in [-0.05, 0) is 49.9 Å². The van der Waals surface area contributed by atoms with Crippen LogP contribution in [0.15, 0.2) is 36.7 Å². The molecule has 7 nitrogen and oxygen atoms in total. The van der Waals surface area contributed by atoms with E-state index in [1.54, 1.807) is 12.1 Å². The number of hydrogen-bond donors (Lipinski definition) is 2. The van der Waals surface area contributed by atoms with Crippen molar-refractivity contribution in [3.8, 4) is 5.75 Å². The zero-order chi connectivity index (χ0) is 24.8. The van der Waals surface area contributed by atoms with Crippen molar-refractivity contribution >= 4 is 71.3 Å². The topological polar surface area (TPSA) is 93.2 Å². The SMILES string of the molecule is CCOc1cc2ncnc(Nc3ccc(F)c(Cl)c3)c2cc1NS(=O)(=O)CCCCC1CSSC1. The molecule has 0 amide bonds. The van der Waals surface area contributed by atoms with Gasteiger partial charge in [0.25, 0.3) is 0 Å². The van der Waals surface area contributed by atoms with Gasteiger partial charge in [0.05, 0.1) is 28.6 Å². The number of fused-ring (bicyclic) bond motifs is 1. The van der Waals surface area contributed by atoms with Crippen LogP contribution in [0.5, 0.6) is 5.75 Å². The molecule has 4 rings (SSSR count). The van der Waals surface area contributed by atoms with Crippen LogP contribution >= 0.6 is 33.2 Å². The van der Waals surface area contributed by atoms with E-state index in [1.807, 2.05) is 28.5 Å². The monoisotopic (exact) mass is 556 g/mol. The van der Waals surface area contributed by atoms with Crippen LogP contribution in [0.1, 0.15) is 26.2 Å². The molecule has 0 spiro atoms. The summed E-state index contributed by atoms with van der Waals surface area (Å²) in [7, 11) is 0.199. The van der Waals surface area contributed by atoms with Crippen LogP contribution in [-0.4, -0.2) is 42.3 Å². The van der Waals surface area contributed by atoms with E-state index in [1.165, 1.54) is 24.5 Å². The van der Waals surface area contributed by atoms with E-state index in [9.17, 15) is 12.8 Å². The first-order valence-electron chi connectivity index (χ1n) is 11.2. The van der Waals surface area contributed by atoms with E-state index >= 15 is 0 Å². The van der Waals surface area contributed by atoms with Crippen molar-refractivity contribution in [3.05, 3.63) is 47.5 Å². The van der Waals surface area contributed by atoms with Gasteiger partial charge in [0.15, 0.2) is 0 Å². The molecule has 3 aromatic rings. The van der Waals surface area contributed by atoms with Crippen molar-refractivity contribution in [2.24, 2.45) is 5.92 Å². The molecule has 1 aliphatic rings. The fourth-order valence-corrected chi connectivity index (χ4v) is 8.08. The molecule has 0 saturated carbocycles. The number of nitrogens with zero attached hydrogens (tertiary/aromatic N) is 2. The lowest BCUT2D eigenvalue weighted by Gasteiger charge is -2.16. The third kappa shape index (κ3) is 7.05. The second kappa shape index (κ2) is 11.9. The summed E-state index contributed by atoms with van der Waals surface area (Å²) < 4.78 is 47.6. The van der Waals surface area contributed by atoms with Crippen molar-refractivity contribution in [2.75, 3.05) is 33.9 Å². The molecule has 0 atom stereocenters. The first-order valence-corrected chi connectivity index (χ1v) is 15.7. The number of aromatic nitrogens is 2. The quantitative estimate of drug-likeness (QED) is 0.204. The molecule has 1 aliphatic heterocycles. The lowest BCUT2D eigenvalue weighted by Crippen LogP contribution is -2.18. The number of ether oxygens (including phenoxy) is 1. The van der Waals surface area contributed by atoms with Gasteiger partial charge in [-0.1, -0.05) is 39.6 Å². The van der Waals surface area contributed by atoms with Crippen LogP contribution in [0, 0.1) is 11.7 Å². The first-order chi connectivity index (χ1) is 16.8. The van der Waals surface area contributed by atoms with Gasteiger partial charge in [-0.3, -0.25) is 4.72 Å². The predicted octanol–water partition coefficient (Wildman–Crippen LogP) is 6.49. The van der Waals surface area contributed by atoms with Crippen molar-refractivity contribution < 1.29 is 17.5 Å². The summed E-state index contributed by atoms with van der Waals surface area (Å²) in [6, 6.07) is 7.57. The van der Waals surface area contributed by atoms with E-state index < -0.39 is 15.8 Å². The van der Waals surface area contributed by atoms with Crippen LogP contribution in [0.25, 0.3) is 10.9 Å². The van der Waals surface area contributed by atoms with Gasteiger partial charge in [-0.15, -0.1) is 0 Å². The minimum Gasteiger partial charge on any atom is -0.492 e. The Morgan fingerprint density at radius 3 is 2.71 bits per heavy atom. The third-order valence-corrected chi connectivity index (χ3v) is 9.80.